The molecule has 6 heteroatoms. The molecule has 1 heterocycles. The number of nitrogens with one attached hydrogen (secondary N) is 2. The first-order valence-corrected chi connectivity index (χ1v) is 2.05. The van der Waals surface area contributed by atoms with Crippen molar-refractivity contribution < 1.29 is 0 Å². The molecule has 1 saturated heterocycles. The Labute approximate surface area is 39.1 Å². The molecule has 0 saturated carbocycles. The van der Waals surface area contributed by atoms with Crippen LogP contribution in [0.15, 0.2) is 0 Å². The zero-order valence-corrected chi connectivity index (χ0v) is 3.57. The van der Waals surface area contributed by atoms with Gasteiger partial charge in [0.15, 0.2) is 0 Å². The molecule has 0 aromatic carbocycles. The minimum atomic E-state index is 0.812. The molecule has 0 unspecified atom stereocenters. The third kappa shape index (κ3) is 1.04. The van der Waals surface area contributed by atoms with Crippen LogP contribution in [-0.2, 0) is 0 Å². The molecule has 0 amide bonds. The molecule has 1 fully saturated rings. The van der Waals surface area contributed by atoms with Crippen molar-refractivity contribution in [1.29, 1.82) is 0 Å². The molecule has 2 N–H and O–H groups in total. The Balaban J connectivity index is 2.00. The first kappa shape index (κ1) is 4.24. The van der Waals surface area contributed by atoms with Gasteiger partial charge in [-0.3, -0.25) is 0 Å². The second kappa shape index (κ2) is 2.28. The van der Waals surface area contributed by atoms with Gasteiger partial charge in [0.2, 0.25) is 0 Å². The van der Waals surface area contributed by atoms with Crippen molar-refractivity contribution in [3.63, 3.8) is 0 Å². The van der Waals surface area contributed by atoms with Gasteiger partial charge in [-0.15, -0.1) is 0 Å². The van der Waals surface area contributed by atoms with Gasteiger partial charge in [-0.25, -0.2) is 0 Å². The Hall–Kier alpha value is 0.0748. The predicted octanol–water partition coefficient (Wildman–Crippen LogP) is -3.42. The third-order valence-electron chi connectivity index (χ3n) is 0.697. The van der Waals surface area contributed by atoms with E-state index in [0.29, 0.717) is 0 Å². The van der Waals surface area contributed by atoms with Crippen LogP contribution in [0.4, 0.5) is 0 Å². The van der Waals surface area contributed by atoms with E-state index in [4.69, 9.17) is 0 Å². The minimum absolute atomic E-state index is 0.812. The third-order valence-corrected chi connectivity index (χ3v) is 0.697. The van der Waals surface area contributed by atoms with Crippen LogP contribution in [0.2, 0.25) is 0 Å². The fourth-order valence-corrected chi connectivity index (χ4v) is 0.414. The van der Waals surface area contributed by atoms with Gasteiger partial charge in [0.05, 0.1) is 0 Å². The van der Waals surface area contributed by atoms with E-state index in [1.807, 2.05) is 0 Å². The molecule has 0 aromatic rings. The van der Waals surface area contributed by atoms with Crippen molar-refractivity contribution in [2.24, 2.45) is 0 Å². The van der Waals surface area contributed by atoms with E-state index in [1.54, 1.807) is 0 Å². The highest BCUT2D eigenvalue weighted by atomic mass is 15.0. The van der Waals surface area contributed by atoms with Gasteiger partial charge >= 0.3 is 0 Å². The predicted molar refractivity (Wildman–Crippen MR) is 29.9 cm³/mol. The molecule has 1 aliphatic heterocycles. The lowest BCUT2D eigenvalue weighted by Crippen LogP contribution is -2.51. The average Bonchev–Trinajstić information content (AvgIpc) is 1.72. The summed E-state index contributed by atoms with van der Waals surface area (Å²) in [6, 6.07) is 0. The lowest BCUT2D eigenvalue weighted by molar-refractivity contribution is 1.27. The number of hydrogen-bond acceptors (Lipinski definition) is 2. The molecular formula is H5B3N3. The molecule has 0 aliphatic carbocycles. The van der Waals surface area contributed by atoms with E-state index in [0.717, 1.165) is 22.6 Å². The maximum atomic E-state index is 3.95. The summed E-state index contributed by atoms with van der Waals surface area (Å²) < 4.78 is 0. The molecule has 0 spiro atoms. The fourth-order valence-electron chi connectivity index (χ4n) is 0.414. The Kier molecular flexibility index (Phi) is 1.61. The van der Waals surface area contributed by atoms with Crippen molar-refractivity contribution >= 4 is 22.6 Å². The van der Waals surface area contributed by atoms with Crippen molar-refractivity contribution in [3.8, 4) is 0 Å². The molecule has 3 nitrogen and oxygen atoms in total. The average molecular weight is 79.5 g/mol. The van der Waals surface area contributed by atoms with Gasteiger partial charge in [0, 0.05) is 0 Å². The van der Waals surface area contributed by atoms with Crippen LogP contribution < -0.4 is 15.4 Å². The van der Waals surface area contributed by atoms with E-state index in [1.165, 1.54) is 0 Å². The van der Waals surface area contributed by atoms with Gasteiger partial charge in [0.25, 0.3) is 22.6 Å². The quantitative estimate of drug-likeness (QED) is 0.297. The molecule has 29 valence electrons. The van der Waals surface area contributed by atoms with Gasteiger partial charge in [-0.05, 0) is 0 Å². The highest BCUT2D eigenvalue weighted by Crippen LogP contribution is 1.50. The summed E-state index contributed by atoms with van der Waals surface area (Å²) in [5.41, 5.74) is 0. The largest absolute Gasteiger partial charge is 0.377 e. The summed E-state index contributed by atoms with van der Waals surface area (Å²) >= 11 is 0. The first-order chi connectivity index (χ1) is 3.00. The summed E-state index contributed by atoms with van der Waals surface area (Å²) in [4.78, 5) is 0. The van der Waals surface area contributed by atoms with Crippen LogP contribution in [0.3, 0.4) is 0 Å². The minimum Gasteiger partial charge on any atom is -0.377 e. The zero-order chi connectivity index (χ0) is 4.24. The summed E-state index contributed by atoms with van der Waals surface area (Å²) in [7, 11) is 2.53. The molecule has 1 radical (unpaired) electrons. The van der Waals surface area contributed by atoms with Crippen LogP contribution in [0.5, 0.6) is 0 Å². The molecular weight excluding hydrogens is 74.5 g/mol. The maximum absolute atomic E-state index is 3.95. The lowest BCUT2D eigenvalue weighted by Gasteiger charge is -2.07. The summed E-state index contributed by atoms with van der Waals surface area (Å²) in [6.45, 7) is 0. The van der Waals surface area contributed by atoms with Crippen LogP contribution >= 0.6 is 0 Å². The molecule has 1 aliphatic rings. The number of nitrogens with zero attached hydrogens (tertiary/aromatic N) is 1. The second-order valence-electron chi connectivity index (χ2n) is 1.22. The summed E-state index contributed by atoms with van der Waals surface area (Å²) in [5, 5.41) is 9.97. The van der Waals surface area contributed by atoms with Crippen LogP contribution in [0.1, 0.15) is 0 Å². The fraction of sp³-hybridized carbons (Fsp3) is 0. The highest BCUT2D eigenvalue weighted by Gasteiger charge is 1.99. The van der Waals surface area contributed by atoms with E-state index >= 15 is 0 Å². The number of rotatable bonds is 0. The van der Waals surface area contributed by atoms with E-state index in [9.17, 15) is 0 Å². The van der Waals surface area contributed by atoms with Crippen molar-refractivity contribution in [2.45, 2.75) is 0 Å². The topological polar surface area (TPSA) is 38.2 Å². The van der Waals surface area contributed by atoms with Crippen LogP contribution in [-0.4, -0.2) is 22.6 Å². The first-order valence-electron chi connectivity index (χ1n) is 2.05. The maximum Gasteiger partial charge on any atom is 0.280 e. The Morgan fingerprint density at radius 2 is 1.83 bits per heavy atom. The van der Waals surface area contributed by atoms with Gasteiger partial charge < -0.3 is 15.4 Å². The molecule has 1 rings (SSSR count). The molecule has 0 atom stereocenters. The van der Waals surface area contributed by atoms with E-state index in [-0.39, 0.29) is 0 Å². The monoisotopic (exact) mass is 80.1 g/mol. The van der Waals surface area contributed by atoms with Gasteiger partial charge in [-0.1, -0.05) is 0 Å². The van der Waals surface area contributed by atoms with Gasteiger partial charge in [-0.2, -0.15) is 0 Å². The number of hydrogen-bond donors (Lipinski definition) is 2. The molecule has 0 bridgehead atoms. The van der Waals surface area contributed by atoms with Crippen molar-refractivity contribution in [1.82, 2.24) is 15.4 Å². The normalized spacial score (nSPS) is 20.0. The van der Waals surface area contributed by atoms with Crippen molar-refractivity contribution in [2.75, 3.05) is 0 Å². The molecule has 6 heavy (non-hydrogen) atoms. The Morgan fingerprint density at radius 3 is 2.00 bits per heavy atom. The van der Waals surface area contributed by atoms with E-state index < -0.39 is 0 Å². The smallest absolute Gasteiger partial charge is 0.280 e. The summed E-state index contributed by atoms with van der Waals surface area (Å²) in [6.07, 6.45) is 0. The Morgan fingerprint density at radius 1 is 1.17 bits per heavy atom. The zero-order valence-electron chi connectivity index (χ0n) is 3.57. The summed E-state index contributed by atoms with van der Waals surface area (Å²) in [5.74, 6) is 0. The SMILES string of the molecule is B1[N]BNBN1. The second-order valence-corrected chi connectivity index (χ2v) is 1.22. The van der Waals surface area contributed by atoms with Crippen LogP contribution in [0, 0.1) is 0 Å². The highest BCUT2D eigenvalue weighted by molar-refractivity contribution is 6.65. The van der Waals surface area contributed by atoms with E-state index in [2.05, 4.69) is 15.4 Å². The van der Waals surface area contributed by atoms with Crippen LogP contribution in [0.25, 0.3) is 0 Å². The Bertz CT molecular complexity index is 21.5. The van der Waals surface area contributed by atoms with Crippen molar-refractivity contribution in [3.05, 3.63) is 0 Å². The standard InChI is InChI=1S/B3H5N3/c1-4-2-6-3-5-1/h1-5H. The van der Waals surface area contributed by atoms with Gasteiger partial charge in [0.1, 0.15) is 0 Å². The lowest BCUT2D eigenvalue weighted by atomic mass is 9.85. The molecule has 0 aromatic heterocycles.